The minimum absolute atomic E-state index is 0.789. The van der Waals surface area contributed by atoms with E-state index in [1.54, 1.807) is 0 Å². The average molecular weight is 181 g/mol. The lowest BCUT2D eigenvalue weighted by molar-refractivity contribution is 0.442. The molecule has 1 fully saturated rings. The van der Waals surface area contributed by atoms with Gasteiger partial charge in [-0.2, -0.15) is 0 Å². The number of aromatic nitrogens is 1. The predicted molar refractivity (Wildman–Crippen MR) is 52.7 cm³/mol. The van der Waals surface area contributed by atoms with E-state index in [1.165, 1.54) is 42.8 Å². The van der Waals surface area contributed by atoms with Crippen LogP contribution in [0, 0.1) is 6.92 Å². The molecule has 0 aliphatic heterocycles. The molecule has 2 rings (SSSR count). The molecule has 0 aromatic carbocycles. The molecule has 0 spiro atoms. The summed E-state index contributed by atoms with van der Waals surface area (Å²) in [7, 11) is 0. The summed E-state index contributed by atoms with van der Waals surface area (Å²) < 4.78 is 0. The molecule has 0 atom stereocenters. The second-order valence-corrected chi connectivity index (χ2v) is 4.55. The third kappa shape index (κ3) is 1.69. The molecule has 0 N–H and O–H groups in total. The van der Waals surface area contributed by atoms with Crippen molar-refractivity contribution >= 4 is 11.3 Å². The maximum absolute atomic E-state index is 4.55. The number of hydrogen-bond donors (Lipinski definition) is 0. The van der Waals surface area contributed by atoms with E-state index in [0.29, 0.717) is 0 Å². The van der Waals surface area contributed by atoms with E-state index in [0.717, 1.165) is 5.92 Å². The lowest BCUT2D eigenvalue weighted by Crippen LogP contribution is -2.03. The predicted octanol–water partition coefficient (Wildman–Crippen LogP) is 3.50. The summed E-state index contributed by atoms with van der Waals surface area (Å²) in [6, 6.07) is 0. The van der Waals surface area contributed by atoms with Gasteiger partial charge in [0.25, 0.3) is 0 Å². The van der Waals surface area contributed by atoms with E-state index >= 15 is 0 Å². The highest BCUT2D eigenvalue weighted by Gasteiger charge is 2.17. The largest absolute Gasteiger partial charge is 0.246 e. The molecule has 0 saturated heterocycles. The SMILES string of the molecule is Cc1csc(C2CCCCC2)n1. The minimum atomic E-state index is 0.789. The molecule has 1 aliphatic carbocycles. The first-order valence-corrected chi connectivity index (χ1v) is 5.66. The van der Waals surface area contributed by atoms with Gasteiger partial charge in [-0.05, 0) is 19.8 Å². The van der Waals surface area contributed by atoms with Gasteiger partial charge in [-0.3, -0.25) is 0 Å². The van der Waals surface area contributed by atoms with Gasteiger partial charge in [0.2, 0.25) is 0 Å². The van der Waals surface area contributed by atoms with Crippen molar-refractivity contribution in [2.24, 2.45) is 0 Å². The molecular weight excluding hydrogens is 166 g/mol. The smallest absolute Gasteiger partial charge is 0.0959 e. The highest BCUT2D eigenvalue weighted by atomic mass is 32.1. The summed E-state index contributed by atoms with van der Waals surface area (Å²) in [5, 5.41) is 3.55. The zero-order valence-corrected chi connectivity index (χ0v) is 8.36. The van der Waals surface area contributed by atoms with Crippen LogP contribution in [0.3, 0.4) is 0 Å². The Morgan fingerprint density at radius 1 is 1.33 bits per heavy atom. The quantitative estimate of drug-likeness (QED) is 0.646. The van der Waals surface area contributed by atoms with Crippen molar-refractivity contribution in [1.82, 2.24) is 4.98 Å². The van der Waals surface area contributed by atoms with Crippen molar-refractivity contribution < 1.29 is 0 Å². The van der Waals surface area contributed by atoms with E-state index in [1.807, 2.05) is 11.3 Å². The lowest BCUT2D eigenvalue weighted by Gasteiger charge is -2.18. The van der Waals surface area contributed by atoms with Crippen LogP contribution in [0.2, 0.25) is 0 Å². The van der Waals surface area contributed by atoms with Crippen LogP contribution in [0.4, 0.5) is 0 Å². The zero-order valence-electron chi connectivity index (χ0n) is 7.55. The Kier molecular flexibility index (Phi) is 2.45. The third-order valence-electron chi connectivity index (χ3n) is 2.59. The molecule has 12 heavy (non-hydrogen) atoms. The second-order valence-electron chi connectivity index (χ2n) is 3.66. The molecule has 1 aliphatic rings. The fourth-order valence-electron chi connectivity index (χ4n) is 1.91. The molecule has 0 amide bonds. The molecule has 1 nitrogen and oxygen atoms in total. The zero-order chi connectivity index (χ0) is 8.39. The Balaban J connectivity index is 2.08. The first-order valence-electron chi connectivity index (χ1n) is 4.78. The van der Waals surface area contributed by atoms with Gasteiger partial charge < -0.3 is 0 Å². The van der Waals surface area contributed by atoms with Crippen LogP contribution < -0.4 is 0 Å². The van der Waals surface area contributed by atoms with Crippen molar-refractivity contribution in [2.75, 3.05) is 0 Å². The van der Waals surface area contributed by atoms with Crippen LogP contribution in [0.1, 0.15) is 48.7 Å². The average Bonchev–Trinajstić information content (AvgIpc) is 2.54. The summed E-state index contributed by atoms with van der Waals surface area (Å²) in [4.78, 5) is 4.55. The van der Waals surface area contributed by atoms with Crippen molar-refractivity contribution in [3.8, 4) is 0 Å². The van der Waals surface area contributed by atoms with Crippen LogP contribution in [0.5, 0.6) is 0 Å². The highest BCUT2D eigenvalue weighted by molar-refractivity contribution is 7.09. The summed E-state index contributed by atoms with van der Waals surface area (Å²) >= 11 is 1.84. The van der Waals surface area contributed by atoms with E-state index in [4.69, 9.17) is 0 Å². The first kappa shape index (κ1) is 8.24. The van der Waals surface area contributed by atoms with Crippen LogP contribution in [-0.4, -0.2) is 4.98 Å². The normalized spacial score (nSPS) is 19.8. The summed E-state index contributed by atoms with van der Waals surface area (Å²) in [6.07, 6.45) is 6.98. The van der Waals surface area contributed by atoms with Gasteiger partial charge >= 0.3 is 0 Å². The van der Waals surface area contributed by atoms with E-state index in [9.17, 15) is 0 Å². The molecule has 1 heterocycles. The Morgan fingerprint density at radius 2 is 2.08 bits per heavy atom. The van der Waals surface area contributed by atoms with Crippen molar-refractivity contribution in [3.05, 3.63) is 16.1 Å². The Labute approximate surface area is 77.8 Å². The third-order valence-corrected chi connectivity index (χ3v) is 3.72. The maximum atomic E-state index is 4.55. The van der Waals surface area contributed by atoms with E-state index in [2.05, 4.69) is 17.3 Å². The molecule has 1 aromatic heterocycles. The monoisotopic (exact) mass is 181 g/mol. The van der Waals surface area contributed by atoms with Gasteiger partial charge in [0.15, 0.2) is 0 Å². The first-order chi connectivity index (χ1) is 5.86. The number of rotatable bonds is 1. The van der Waals surface area contributed by atoms with Crippen molar-refractivity contribution in [2.45, 2.75) is 44.9 Å². The Bertz CT molecular complexity index is 248. The van der Waals surface area contributed by atoms with Crippen LogP contribution in [0.25, 0.3) is 0 Å². The second kappa shape index (κ2) is 3.56. The van der Waals surface area contributed by atoms with Crippen LogP contribution >= 0.6 is 11.3 Å². The molecule has 1 saturated carbocycles. The molecule has 2 heteroatoms. The van der Waals surface area contributed by atoms with E-state index < -0.39 is 0 Å². The number of hydrogen-bond acceptors (Lipinski definition) is 2. The topological polar surface area (TPSA) is 12.9 Å². The fourth-order valence-corrected chi connectivity index (χ4v) is 2.88. The van der Waals surface area contributed by atoms with Crippen molar-refractivity contribution in [3.63, 3.8) is 0 Å². The van der Waals surface area contributed by atoms with Gasteiger partial charge in [0.05, 0.1) is 5.01 Å². The minimum Gasteiger partial charge on any atom is -0.246 e. The van der Waals surface area contributed by atoms with Gasteiger partial charge in [0.1, 0.15) is 0 Å². The van der Waals surface area contributed by atoms with E-state index in [-0.39, 0.29) is 0 Å². The van der Waals surface area contributed by atoms with Crippen LogP contribution in [0.15, 0.2) is 5.38 Å². The molecule has 0 bridgehead atoms. The summed E-state index contributed by atoms with van der Waals surface area (Å²) in [6.45, 7) is 2.09. The lowest BCUT2D eigenvalue weighted by atomic mass is 9.90. The molecule has 0 radical (unpaired) electrons. The van der Waals surface area contributed by atoms with Gasteiger partial charge in [0, 0.05) is 17.0 Å². The molecular formula is C10H15NS. The fraction of sp³-hybridized carbons (Fsp3) is 0.700. The number of aryl methyl sites for hydroxylation is 1. The van der Waals surface area contributed by atoms with Gasteiger partial charge in [-0.1, -0.05) is 19.3 Å². The Hall–Kier alpha value is -0.370. The highest BCUT2D eigenvalue weighted by Crippen LogP contribution is 2.33. The maximum Gasteiger partial charge on any atom is 0.0959 e. The summed E-state index contributed by atoms with van der Waals surface area (Å²) in [5.74, 6) is 0.789. The number of nitrogens with zero attached hydrogens (tertiary/aromatic N) is 1. The van der Waals surface area contributed by atoms with Crippen molar-refractivity contribution in [1.29, 1.82) is 0 Å². The van der Waals surface area contributed by atoms with Gasteiger partial charge in [-0.15, -0.1) is 11.3 Å². The number of thiazole rings is 1. The molecule has 66 valence electrons. The summed E-state index contributed by atoms with van der Waals surface area (Å²) in [5.41, 5.74) is 1.19. The molecule has 0 unspecified atom stereocenters. The molecule has 1 aromatic rings. The standard InChI is InChI=1S/C10H15NS/c1-8-7-12-10(11-8)9-5-3-2-4-6-9/h7,9H,2-6H2,1H3. The Morgan fingerprint density at radius 3 is 2.67 bits per heavy atom. The van der Waals surface area contributed by atoms with Gasteiger partial charge in [-0.25, -0.2) is 4.98 Å². The van der Waals surface area contributed by atoms with Crippen LogP contribution in [-0.2, 0) is 0 Å².